The van der Waals surface area contributed by atoms with Crippen molar-refractivity contribution in [2.24, 2.45) is 0 Å². The summed E-state index contributed by atoms with van der Waals surface area (Å²) in [5.41, 5.74) is -1.69. The predicted octanol–water partition coefficient (Wildman–Crippen LogP) is 3.06. The van der Waals surface area contributed by atoms with Crippen molar-refractivity contribution < 1.29 is 27.5 Å². The molecule has 1 aromatic rings. The smallest absolute Gasteiger partial charge is 0.441 e. The SMILES string of the molecule is CCOC(=O)[C@@](NC(=O)CC)(Nc1ccc(C)c(C)c1)C(F)(F)F. The van der Waals surface area contributed by atoms with Gasteiger partial charge in [-0.15, -0.1) is 0 Å². The highest BCUT2D eigenvalue weighted by Gasteiger charge is 2.63. The minimum atomic E-state index is -5.11. The number of esters is 1. The van der Waals surface area contributed by atoms with E-state index in [9.17, 15) is 22.8 Å². The molecule has 0 saturated carbocycles. The van der Waals surface area contributed by atoms with Crippen LogP contribution in [0.4, 0.5) is 18.9 Å². The van der Waals surface area contributed by atoms with E-state index in [2.05, 4.69) is 10.1 Å². The van der Waals surface area contributed by atoms with Gasteiger partial charge in [-0.3, -0.25) is 4.79 Å². The standard InChI is InChI=1S/C16H21F3N2O3/c1-5-13(22)21-15(16(17,18)19,14(23)24-6-2)20-12-8-7-10(3)11(4)9-12/h7-9,20H,5-6H2,1-4H3,(H,21,22)/t15-/m0/s1. The largest absolute Gasteiger partial charge is 0.463 e. The Bertz CT molecular complexity index is 617. The van der Waals surface area contributed by atoms with Crippen molar-refractivity contribution >= 4 is 17.6 Å². The molecular weight excluding hydrogens is 325 g/mol. The first kappa shape index (κ1) is 19.8. The lowest BCUT2D eigenvalue weighted by Crippen LogP contribution is -2.69. The first-order valence-corrected chi connectivity index (χ1v) is 7.47. The summed E-state index contributed by atoms with van der Waals surface area (Å²) in [6.07, 6.45) is -5.32. The van der Waals surface area contributed by atoms with Gasteiger partial charge in [0.1, 0.15) is 0 Å². The third kappa shape index (κ3) is 4.18. The normalized spacial score (nSPS) is 13.8. The van der Waals surface area contributed by atoms with Crippen LogP contribution in [0.3, 0.4) is 0 Å². The number of alkyl halides is 3. The van der Waals surface area contributed by atoms with Gasteiger partial charge in [0.2, 0.25) is 5.91 Å². The molecule has 1 atom stereocenters. The first-order valence-electron chi connectivity index (χ1n) is 7.47. The summed E-state index contributed by atoms with van der Waals surface area (Å²) in [7, 11) is 0. The highest BCUT2D eigenvalue weighted by atomic mass is 19.4. The van der Waals surface area contributed by atoms with Crippen LogP contribution >= 0.6 is 0 Å². The summed E-state index contributed by atoms with van der Waals surface area (Å²) in [5.74, 6) is -2.55. The molecule has 0 saturated heterocycles. The van der Waals surface area contributed by atoms with Gasteiger partial charge in [-0.1, -0.05) is 13.0 Å². The Morgan fingerprint density at radius 2 is 1.75 bits per heavy atom. The van der Waals surface area contributed by atoms with Gasteiger partial charge in [0.25, 0.3) is 0 Å². The lowest BCUT2D eigenvalue weighted by Gasteiger charge is -2.35. The maximum Gasteiger partial charge on any atom is 0.441 e. The Kier molecular flexibility index (Phi) is 6.22. The van der Waals surface area contributed by atoms with E-state index >= 15 is 0 Å². The second kappa shape index (κ2) is 7.55. The van der Waals surface area contributed by atoms with E-state index in [1.54, 1.807) is 25.2 Å². The second-order valence-electron chi connectivity index (χ2n) is 5.29. The fourth-order valence-corrected chi connectivity index (χ4v) is 1.96. The van der Waals surface area contributed by atoms with Crippen molar-refractivity contribution in [3.63, 3.8) is 0 Å². The van der Waals surface area contributed by atoms with Crippen molar-refractivity contribution in [1.82, 2.24) is 5.32 Å². The van der Waals surface area contributed by atoms with Crippen LogP contribution in [0.5, 0.6) is 0 Å². The number of anilines is 1. The number of rotatable bonds is 6. The number of hydrogen-bond acceptors (Lipinski definition) is 4. The Hall–Kier alpha value is -2.25. The first-order chi connectivity index (χ1) is 11.1. The third-order valence-electron chi connectivity index (χ3n) is 3.49. The number of amides is 1. The van der Waals surface area contributed by atoms with Gasteiger partial charge in [-0.2, -0.15) is 13.2 Å². The van der Waals surface area contributed by atoms with E-state index in [0.29, 0.717) is 0 Å². The van der Waals surface area contributed by atoms with Crippen molar-refractivity contribution in [2.75, 3.05) is 11.9 Å². The molecule has 1 aromatic carbocycles. The van der Waals surface area contributed by atoms with E-state index < -0.39 is 23.7 Å². The molecule has 134 valence electrons. The van der Waals surface area contributed by atoms with Crippen molar-refractivity contribution in [1.29, 1.82) is 0 Å². The molecule has 0 aliphatic carbocycles. The third-order valence-corrected chi connectivity index (χ3v) is 3.49. The van der Waals surface area contributed by atoms with Gasteiger partial charge >= 0.3 is 17.8 Å². The summed E-state index contributed by atoms with van der Waals surface area (Å²) in [4.78, 5) is 23.7. The molecule has 8 heteroatoms. The van der Waals surface area contributed by atoms with Crippen LogP contribution in [0.25, 0.3) is 0 Å². The summed E-state index contributed by atoms with van der Waals surface area (Å²) < 4.78 is 45.8. The van der Waals surface area contributed by atoms with Gasteiger partial charge in [-0.05, 0) is 44.0 Å². The number of benzene rings is 1. The number of aryl methyl sites for hydroxylation is 2. The Morgan fingerprint density at radius 3 is 2.21 bits per heavy atom. The maximum atomic E-state index is 13.7. The van der Waals surface area contributed by atoms with E-state index in [1.807, 2.05) is 0 Å². The van der Waals surface area contributed by atoms with Crippen LogP contribution in [-0.4, -0.2) is 30.3 Å². The lowest BCUT2D eigenvalue weighted by molar-refractivity contribution is -0.207. The van der Waals surface area contributed by atoms with Crippen LogP contribution in [-0.2, 0) is 14.3 Å². The van der Waals surface area contributed by atoms with Crippen LogP contribution in [0.15, 0.2) is 18.2 Å². The molecule has 1 rings (SSSR count). The molecule has 0 aromatic heterocycles. The minimum absolute atomic E-state index is 0.0416. The molecule has 0 aliphatic rings. The zero-order valence-corrected chi connectivity index (χ0v) is 14.0. The number of ether oxygens (including phenoxy) is 1. The highest BCUT2D eigenvalue weighted by Crippen LogP contribution is 2.33. The molecule has 0 spiro atoms. The Morgan fingerprint density at radius 1 is 1.12 bits per heavy atom. The molecule has 24 heavy (non-hydrogen) atoms. The quantitative estimate of drug-likeness (QED) is 0.614. The number of carbonyl (C=O) groups is 2. The molecule has 0 radical (unpaired) electrons. The topological polar surface area (TPSA) is 67.4 Å². The van der Waals surface area contributed by atoms with Crippen molar-refractivity contribution in [3.05, 3.63) is 29.3 Å². The number of carbonyl (C=O) groups excluding carboxylic acids is 2. The summed E-state index contributed by atoms with van der Waals surface area (Å²) in [5, 5.41) is 3.86. The van der Waals surface area contributed by atoms with Gasteiger partial charge in [0.05, 0.1) is 6.61 Å². The van der Waals surface area contributed by atoms with Gasteiger partial charge < -0.3 is 15.4 Å². The average Bonchev–Trinajstić information content (AvgIpc) is 2.49. The summed E-state index contributed by atoms with van der Waals surface area (Å²) in [6.45, 7) is 6.05. The molecule has 1 amide bonds. The zero-order valence-electron chi connectivity index (χ0n) is 14.0. The van der Waals surface area contributed by atoms with Gasteiger partial charge in [-0.25, -0.2) is 4.79 Å². The molecule has 0 bridgehead atoms. The van der Waals surface area contributed by atoms with E-state index in [1.165, 1.54) is 26.0 Å². The van der Waals surface area contributed by atoms with Gasteiger partial charge in [0.15, 0.2) is 0 Å². The average molecular weight is 346 g/mol. The molecule has 5 nitrogen and oxygen atoms in total. The Labute approximate surface area is 138 Å². The van der Waals surface area contributed by atoms with Crippen molar-refractivity contribution in [2.45, 2.75) is 46.0 Å². The monoisotopic (exact) mass is 346 g/mol. The van der Waals surface area contributed by atoms with Crippen molar-refractivity contribution in [3.8, 4) is 0 Å². The molecule has 0 unspecified atom stereocenters. The Balaban J connectivity index is 3.39. The predicted molar refractivity (Wildman–Crippen MR) is 83.4 cm³/mol. The summed E-state index contributed by atoms with van der Waals surface area (Å²) >= 11 is 0. The van der Waals surface area contributed by atoms with E-state index in [0.717, 1.165) is 11.1 Å². The molecular formula is C16H21F3N2O3. The molecule has 0 aliphatic heterocycles. The number of halogens is 3. The number of nitrogens with one attached hydrogen (secondary N) is 2. The molecule has 2 N–H and O–H groups in total. The van der Waals surface area contributed by atoms with Crippen LogP contribution in [0, 0.1) is 13.8 Å². The fourth-order valence-electron chi connectivity index (χ4n) is 1.96. The van der Waals surface area contributed by atoms with E-state index in [4.69, 9.17) is 0 Å². The molecule has 0 heterocycles. The van der Waals surface area contributed by atoms with E-state index in [-0.39, 0.29) is 18.7 Å². The lowest BCUT2D eigenvalue weighted by atomic mass is 10.1. The van der Waals surface area contributed by atoms with Crippen LogP contribution in [0.1, 0.15) is 31.4 Å². The second-order valence-corrected chi connectivity index (χ2v) is 5.29. The minimum Gasteiger partial charge on any atom is -0.463 e. The van der Waals surface area contributed by atoms with Gasteiger partial charge in [0, 0.05) is 12.1 Å². The van der Waals surface area contributed by atoms with Crippen LogP contribution < -0.4 is 10.6 Å². The summed E-state index contributed by atoms with van der Waals surface area (Å²) in [6, 6.07) is 4.49. The fraction of sp³-hybridized carbons (Fsp3) is 0.500. The zero-order chi connectivity index (χ0) is 18.5. The number of hydrogen-bond donors (Lipinski definition) is 2. The van der Waals surface area contributed by atoms with Crippen LogP contribution in [0.2, 0.25) is 0 Å². The highest BCUT2D eigenvalue weighted by molar-refractivity contribution is 5.91. The maximum absolute atomic E-state index is 13.7. The molecule has 0 fully saturated rings.